The van der Waals surface area contributed by atoms with E-state index in [2.05, 4.69) is 4.98 Å². The third kappa shape index (κ3) is 7.19. The van der Waals surface area contributed by atoms with Crippen LogP contribution in [0, 0.1) is 22.9 Å². The van der Waals surface area contributed by atoms with Gasteiger partial charge in [0, 0.05) is 43.7 Å². The summed E-state index contributed by atoms with van der Waals surface area (Å²) in [6.07, 6.45) is 1.78. The maximum Gasteiger partial charge on any atom is 0.303 e. The molecule has 1 aliphatic rings. The van der Waals surface area contributed by atoms with E-state index in [1.807, 2.05) is 23.9 Å². The molecular weight excluding hydrogens is 542 g/mol. The van der Waals surface area contributed by atoms with Gasteiger partial charge >= 0.3 is 5.97 Å². The quantitative estimate of drug-likeness (QED) is 0.204. The first kappa shape index (κ1) is 30.4. The van der Waals surface area contributed by atoms with Gasteiger partial charge in [0.1, 0.15) is 24.3 Å². The second-order valence-electron chi connectivity index (χ2n) is 10.8. The van der Waals surface area contributed by atoms with Crippen LogP contribution in [0.2, 0.25) is 0 Å². The van der Waals surface area contributed by atoms with Gasteiger partial charge in [0.15, 0.2) is 11.6 Å². The number of carbonyl (C=O) groups is 1. The molecule has 0 aliphatic carbocycles. The molecule has 1 N–H and O–H groups in total. The zero-order chi connectivity index (χ0) is 29.7. The number of hydrogen-bond donors (Lipinski definition) is 1. The van der Waals surface area contributed by atoms with E-state index < -0.39 is 40.8 Å². The fraction of sp³-hybridized carbons (Fsp3) is 0.467. The van der Waals surface area contributed by atoms with Crippen molar-refractivity contribution in [2.24, 2.45) is 5.41 Å². The number of anilines is 1. The number of benzene rings is 2. The fourth-order valence-electron chi connectivity index (χ4n) is 5.58. The molecule has 3 aromatic rings. The van der Waals surface area contributed by atoms with Gasteiger partial charge < -0.3 is 19.5 Å². The molecule has 0 spiro atoms. The molecule has 1 saturated heterocycles. The number of carboxylic acids is 1. The summed E-state index contributed by atoms with van der Waals surface area (Å²) >= 11 is 0. The van der Waals surface area contributed by atoms with E-state index in [1.165, 1.54) is 0 Å². The Kier molecular flexibility index (Phi) is 9.57. The Morgan fingerprint density at radius 1 is 1.17 bits per heavy atom. The van der Waals surface area contributed by atoms with E-state index in [9.17, 15) is 23.1 Å². The standard InChI is InChI=1S/C30H35F4N3O4/c1-36(2)25-18-35-24-5-4-20(40-3)16-21(24)28(25)22(32)6-7-30(17-27(38)39)8-10-37(11-9-30)12-13-41-26-15-19(31)14-23(33)29(26)34/h4-5,14-16,18,22H,6-13,17H2,1-3H3,(H,38,39)/t22-/m1/s1. The molecular formula is C30H35F4N3O4. The highest BCUT2D eigenvalue weighted by molar-refractivity contribution is 5.88. The third-order valence-electron chi connectivity index (χ3n) is 7.89. The summed E-state index contributed by atoms with van der Waals surface area (Å²) in [7, 11) is 5.19. The van der Waals surface area contributed by atoms with Crippen LogP contribution in [0.3, 0.4) is 0 Å². The van der Waals surface area contributed by atoms with Gasteiger partial charge in [0.2, 0.25) is 5.82 Å². The van der Waals surface area contributed by atoms with E-state index in [-0.39, 0.29) is 19.4 Å². The molecule has 41 heavy (non-hydrogen) atoms. The van der Waals surface area contributed by atoms with Gasteiger partial charge in [-0.1, -0.05) is 0 Å². The van der Waals surface area contributed by atoms with Crippen LogP contribution < -0.4 is 14.4 Å². The summed E-state index contributed by atoms with van der Waals surface area (Å²) < 4.78 is 67.4. The van der Waals surface area contributed by atoms with Crippen molar-refractivity contribution in [3.63, 3.8) is 0 Å². The number of piperidine rings is 1. The van der Waals surface area contributed by atoms with Crippen LogP contribution in [0.1, 0.15) is 43.8 Å². The number of hydrogen-bond acceptors (Lipinski definition) is 6. The maximum atomic E-state index is 16.1. The number of fused-ring (bicyclic) bond motifs is 1. The number of pyridine rings is 1. The largest absolute Gasteiger partial charge is 0.497 e. The number of likely N-dealkylation sites (tertiary alicyclic amines) is 1. The number of rotatable bonds is 12. The highest BCUT2D eigenvalue weighted by atomic mass is 19.2. The number of halogens is 4. The lowest BCUT2D eigenvalue weighted by molar-refractivity contribution is -0.141. The van der Waals surface area contributed by atoms with Crippen LogP contribution in [0.15, 0.2) is 36.5 Å². The Morgan fingerprint density at radius 3 is 2.56 bits per heavy atom. The van der Waals surface area contributed by atoms with Crippen molar-refractivity contribution >= 4 is 22.6 Å². The van der Waals surface area contributed by atoms with Crippen LogP contribution in [-0.4, -0.2) is 68.4 Å². The smallest absolute Gasteiger partial charge is 0.303 e. The second kappa shape index (κ2) is 12.9. The molecule has 7 nitrogen and oxygen atoms in total. The topological polar surface area (TPSA) is 75.1 Å². The SMILES string of the molecule is COc1ccc2ncc(N(C)C)c([C@H](F)CCC3(CC(=O)O)CCN(CCOc4cc(F)cc(F)c4F)CC3)c2c1. The Hall–Kier alpha value is -3.60. The highest BCUT2D eigenvalue weighted by Gasteiger charge is 2.37. The molecule has 11 heteroatoms. The summed E-state index contributed by atoms with van der Waals surface area (Å²) in [5.41, 5.74) is 1.20. The van der Waals surface area contributed by atoms with Crippen LogP contribution in [0.25, 0.3) is 10.9 Å². The van der Waals surface area contributed by atoms with Crippen molar-refractivity contribution in [1.82, 2.24) is 9.88 Å². The average Bonchev–Trinajstić information content (AvgIpc) is 2.94. The first-order valence-corrected chi connectivity index (χ1v) is 13.5. The van der Waals surface area contributed by atoms with Crippen LogP contribution >= 0.6 is 0 Å². The number of aliphatic carboxylic acids is 1. The summed E-state index contributed by atoms with van der Waals surface area (Å²) in [5.74, 6) is -4.34. The zero-order valence-corrected chi connectivity index (χ0v) is 23.4. The molecule has 222 valence electrons. The van der Waals surface area contributed by atoms with Crippen LogP contribution in [-0.2, 0) is 4.79 Å². The molecule has 0 radical (unpaired) electrons. The van der Waals surface area contributed by atoms with Gasteiger partial charge in [0.25, 0.3) is 0 Å². The molecule has 0 unspecified atom stereocenters. The summed E-state index contributed by atoms with van der Waals surface area (Å²) in [6, 6.07) is 6.58. The van der Waals surface area contributed by atoms with Crippen molar-refractivity contribution < 1.29 is 36.9 Å². The molecule has 2 heterocycles. The second-order valence-corrected chi connectivity index (χ2v) is 10.8. The molecule has 2 aromatic carbocycles. The van der Waals surface area contributed by atoms with E-state index in [1.54, 1.807) is 31.5 Å². The average molecular weight is 578 g/mol. The zero-order valence-electron chi connectivity index (χ0n) is 23.4. The van der Waals surface area contributed by atoms with Crippen molar-refractivity contribution in [1.29, 1.82) is 0 Å². The molecule has 1 aliphatic heterocycles. The van der Waals surface area contributed by atoms with Crippen molar-refractivity contribution in [3.05, 3.63) is 59.5 Å². The molecule has 4 rings (SSSR count). The van der Waals surface area contributed by atoms with Gasteiger partial charge in [-0.2, -0.15) is 4.39 Å². The first-order chi connectivity index (χ1) is 19.5. The Morgan fingerprint density at radius 2 is 1.90 bits per heavy atom. The Bertz CT molecular complexity index is 1380. The third-order valence-corrected chi connectivity index (χ3v) is 7.89. The van der Waals surface area contributed by atoms with Gasteiger partial charge in [-0.3, -0.25) is 14.7 Å². The number of methoxy groups -OCH3 is 1. The predicted molar refractivity (Wildman–Crippen MR) is 148 cm³/mol. The van der Waals surface area contributed by atoms with Gasteiger partial charge in [-0.25, -0.2) is 13.2 Å². The van der Waals surface area contributed by atoms with Crippen LogP contribution in [0.5, 0.6) is 11.5 Å². The molecule has 0 saturated carbocycles. The van der Waals surface area contributed by atoms with Crippen molar-refractivity contribution in [2.45, 2.75) is 38.3 Å². The van der Waals surface area contributed by atoms with Crippen LogP contribution in [0.4, 0.5) is 23.2 Å². The minimum atomic E-state index is -1.36. The number of nitrogens with zero attached hydrogens (tertiary/aromatic N) is 3. The normalized spacial score (nSPS) is 16.0. The lowest BCUT2D eigenvalue weighted by Crippen LogP contribution is -2.42. The molecule has 0 amide bonds. The minimum Gasteiger partial charge on any atom is -0.497 e. The van der Waals surface area contributed by atoms with Gasteiger partial charge in [0.05, 0.1) is 30.9 Å². The number of ether oxygens (including phenoxy) is 2. The minimum absolute atomic E-state index is 0.00416. The fourth-order valence-corrected chi connectivity index (χ4v) is 5.58. The summed E-state index contributed by atoms with van der Waals surface area (Å²) in [6.45, 7) is 1.44. The molecule has 0 bridgehead atoms. The summed E-state index contributed by atoms with van der Waals surface area (Å²) in [4.78, 5) is 20.1. The number of alkyl halides is 1. The molecule has 1 aromatic heterocycles. The molecule has 1 atom stereocenters. The van der Waals surface area contributed by atoms with E-state index >= 15 is 4.39 Å². The lowest BCUT2D eigenvalue weighted by Gasteiger charge is -2.41. The predicted octanol–water partition coefficient (Wildman–Crippen LogP) is 6.15. The lowest BCUT2D eigenvalue weighted by atomic mass is 9.71. The highest BCUT2D eigenvalue weighted by Crippen LogP contribution is 2.44. The Balaban J connectivity index is 1.43. The van der Waals surface area contributed by atoms with Gasteiger partial charge in [-0.15, -0.1) is 0 Å². The number of aromatic nitrogens is 1. The first-order valence-electron chi connectivity index (χ1n) is 13.5. The van der Waals surface area contributed by atoms with Crippen molar-refractivity contribution in [3.8, 4) is 11.5 Å². The Labute approximate surface area is 236 Å². The van der Waals surface area contributed by atoms with E-state index in [4.69, 9.17) is 9.47 Å². The maximum absolute atomic E-state index is 16.1. The van der Waals surface area contributed by atoms with Gasteiger partial charge in [-0.05, 0) is 62.4 Å². The van der Waals surface area contributed by atoms with E-state index in [0.29, 0.717) is 72.9 Å². The number of carboxylic acid groups (broad SMARTS) is 1. The van der Waals surface area contributed by atoms with E-state index in [0.717, 1.165) is 6.07 Å². The van der Waals surface area contributed by atoms with Crippen molar-refractivity contribution in [2.75, 3.05) is 52.3 Å². The monoisotopic (exact) mass is 577 g/mol. The molecule has 1 fully saturated rings. The summed E-state index contributed by atoms with van der Waals surface area (Å²) in [5, 5.41) is 10.3.